The van der Waals surface area contributed by atoms with Crippen LogP contribution in [-0.4, -0.2) is 6.21 Å². The van der Waals surface area contributed by atoms with Gasteiger partial charge in [-0.1, -0.05) is 232 Å². The molecule has 7 aromatic rings. The van der Waals surface area contributed by atoms with Gasteiger partial charge >= 0.3 is 0 Å². The molecule has 0 saturated heterocycles. The number of aryl methyl sites for hydroxylation is 2. The predicted molar refractivity (Wildman–Crippen MR) is 291 cm³/mol. The van der Waals surface area contributed by atoms with Gasteiger partial charge in [0.15, 0.2) is 0 Å². The number of nitrogens with zero attached hydrogens (tertiary/aromatic N) is 1. The third-order valence-corrected chi connectivity index (χ3v) is 12.9. The van der Waals surface area contributed by atoms with Crippen LogP contribution < -0.4 is 10.4 Å². The fourth-order valence-electron chi connectivity index (χ4n) is 9.49. The van der Waals surface area contributed by atoms with E-state index in [1.807, 2.05) is 25.3 Å². The van der Waals surface area contributed by atoms with Crippen LogP contribution in [0, 0.1) is 17.4 Å². The fraction of sp³-hybridized carbons (Fsp3) is 0.106. The van der Waals surface area contributed by atoms with Crippen LogP contribution in [0.1, 0.15) is 60.8 Å². The van der Waals surface area contributed by atoms with Gasteiger partial charge in [0.05, 0.1) is 5.70 Å². The summed E-state index contributed by atoms with van der Waals surface area (Å²) < 4.78 is 6.41. The van der Waals surface area contributed by atoms with E-state index >= 15 is 0 Å². The average molecular weight is 880 g/mol. The van der Waals surface area contributed by atoms with Crippen LogP contribution in [0.15, 0.2) is 245 Å². The predicted octanol–water partition coefficient (Wildman–Crippen LogP) is 15.5. The van der Waals surface area contributed by atoms with Crippen LogP contribution in [0.3, 0.4) is 0 Å². The molecule has 1 aromatic heterocycles. The van der Waals surface area contributed by atoms with E-state index in [2.05, 4.69) is 251 Å². The first-order valence-electron chi connectivity index (χ1n) is 23.8. The number of allylic oxidation sites excluding steroid dienone is 14. The molecular formula is C66H57NO. The first kappa shape index (κ1) is 45.1. The summed E-state index contributed by atoms with van der Waals surface area (Å²) in [6.07, 6.45) is 38.9. The number of hydrogen-bond donors (Lipinski definition) is 0. The van der Waals surface area contributed by atoms with Crippen molar-refractivity contribution < 1.29 is 4.42 Å². The van der Waals surface area contributed by atoms with E-state index in [1.165, 1.54) is 37.9 Å². The first-order valence-corrected chi connectivity index (χ1v) is 23.8. The van der Waals surface area contributed by atoms with Gasteiger partial charge in [-0.05, 0) is 122 Å². The number of fused-ring (bicyclic) bond motifs is 5. The number of hydrogen-bond acceptors (Lipinski definition) is 2. The molecule has 332 valence electrons. The molecule has 68 heavy (non-hydrogen) atoms. The molecule has 0 saturated carbocycles. The van der Waals surface area contributed by atoms with Crippen molar-refractivity contribution in [1.29, 1.82) is 0 Å². The zero-order valence-electron chi connectivity index (χ0n) is 39.4. The topological polar surface area (TPSA) is 25.5 Å². The van der Waals surface area contributed by atoms with Crippen molar-refractivity contribution in [1.82, 2.24) is 0 Å². The standard InChI is InChI=1S/C66H57NO/c1-5-25-49-43-45-53(46-61(49)55-33-16-13-26-48(55)3)58-36-20-23-40-64-59(60-38-21-24-41-65(60)68-64)37-19-22-39-62(58)66(4,54-31-11-8-12-32-54)47-63(67-6-2)52-30-10-7-9-27-50-28-14-17-34-56(50)57-35-18-15-29-51(57)42-44-52/h6-24,26-47H,5,25H2,1-4H3/b9-7?,10-7?,22-19?,23-20?,27-9?,30-10?,36-20-,37-19+,39-22+,40-23+,44-42?,50-27?,51-42?,52-30?,52-44?,57-56?,58-36?,59-37?,62-39?,62-58-,63-47-,64-40?,67-6?. The van der Waals surface area contributed by atoms with E-state index in [-0.39, 0.29) is 0 Å². The van der Waals surface area contributed by atoms with Crippen molar-refractivity contribution in [2.24, 2.45) is 4.99 Å². The molecule has 0 aliphatic heterocycles. The zero-order chi connectivity index (χ0) is 46.7. The molecule has 1 atom stereocenters. The lowest BCUT2D eigenvalue weighted by Crippen LogP contribution is -2.23. The number of rotatable bonds is 9. The van der Waals surface area contributed by atoms with E-state index in [9.17, 15) is 0 Å². The van der Waals surface area contributed by atoms with E-state index in [0.29, 0.717) is 0 Å². The summed E-state index contributed by atoms with van der Waals surface area (Å²) in [6.45, 7) is 8.81. The van der Waals surface area contributed by atoms with Crippen LogP contribution >= 0.6 is 0 Å². The maximum Gasteiger partial charge on any atom is 0.135 e. The molecule has 1 unspecified atom stereocenters. The third kappa shape index (κ3) is 9.73. The Morgan fingerprint density at radius 3 is 2.07 bits per heavy atom. The normalized spacial score (nSPS) is 17.9. The van der Waals surface area contributed by atoms with E-state index in [4.69, 9.17) is 9.41 Å². The monoisotopic (exact) mass is 879 g/mol. The quantitative estimate of drug-likeness (QED) is 0.133. The highest BCUT2D eigenvalue weighted by atomic mass is 16.3. The van der Waals surface area contributed by atoms with Crippen LogP contribution in [-0.2, 0) is 11.8 Å². The summed E-state index contributed by atoms with van der Waals surface area (Å²) in [5.74, 6) is 0.825. The highest BCUT2D eigenvalue weighted by molar-refractivity contribution is 5.92. The third-order valence-electron chi connectivity index (χ3n) is 12.9. The van der Waals surface area contributed by atoms with Crippen LogP contribution in [0.2, 0.25) is 0 Å². The minimum atomic E-state index is -0.710. The number of furan rings is 1. The molecule has 2 aliphatic rings. The van der Waals surface area contributed by atoms with Gasteiger partial charge in [-0.2, -0.15) is 0 Å². The molecule has 9 rings (SSSR count). The summed E-state index contributed by atoms with van der Waals surface area (Å²) in [6, 6.07) is 52.2. The summed E-state index contributed by atoms with van der Waals surface area (Å²) in [7, 11) is 0. The summed E-state index contributed by atoms with van der Waals surface area (Å²) in [5, 5.41) is 5.77. The van der Waals surface area contributed by atoms with Crippen molar-refractivity contribution in [3.8, 4) is 11.1 Å². The van der Waals surface area contributed by atoms with Gasteiger partial charge in [0.25, 0.3) is 0 Å². The maximum absolute atomic E-state index is 6.41. The fourth-order valence-corrected chi connectivity index (χ4v) is 9.49. The maximum atomic E-state index is 6.41. The van der Waals surface area contributed by atoms with Gasteiger partial charge in [-0.25, -0.2) is 0 Å². The zero-order valence-corrected chi connectivity index (χ0v) is 39.4. The van der Waals surface area contributed by atoms with Crippen molar-refractivity contribution in [2.45, 2.75) is 46.0 Å². The second-order valence-corrected chi connectivity index (χ2v) is 17.4. The molecule has 0 fully saturated rings. The molecular weight excluding hydrogens is 823 g/mol. The molecule has 0 bridgehead atoms. The highest BCUT2D eigenvalue weighted by Gasteiger charge is 2.31. The molecule has 1 heterocycles. The van der Waals surface area contributed by atoms with Gasteiger partial charge in [0.1, 0.15) is 11.3 Å². The highest BCUT2D eigenvalue weighted by Crippen LogP contribution is 2.43. The van der Waals surface area contributed by atoms with E-state index in [0.717, 1.165) is 73.9 Å². The van der Waals surface area contributed by atoms with Crippen LogP contribution in [0.4, 0.5) is 0 Å². The molecule has 0 amide bonds. The van der Waals surface area contributed by atoms with Crippen molar-refractivity contribution in [2.75, 3.05) is 0 Å². The molecule has 2 heteroatoms. The van der Waals surface area contributed by atoms with Crippen LogP contribution in [0.25, 0.3) is 52.0 Å². The molecule has 0 spiro atoms. The van der Waals surface area contributed by atoms with Gasteiger partial charge in [-0.3, -0.25) is 4.99 Å². The summed E-state index contributed by atoms with van der Waals surface area (Å²) in [4.78, 5) is 5.22. The molecule has 6 aromatic carbocycles. The van der Waals surface area contributed by atoms with Gasteiger partial charge in [-0.15, -0.1) is 0 Å². The average Bonchev–Trinajstić information content (AvgIpc) is 3.72. The Kier molecular flexibility index (Phi) is 14.0. The second kappa shape index (κ2) is 21.0. The Bertz CT molecular complexity index is 3540. The molecule has 0 radical (unpaired) electrons. The first-order chi connectivity index (χ1) is 33.4. The number of para-hydroxylation sites is 1. The van der Waals surface area contributed by atoms with Gasteiger partial charge in [0, 0.05) is 22.6 Å². The summed E-state index contributed by atoms with van der Waals surface area (Å²) in [5.41, 5.74) is 12.7. The molecule has 2 nitrogen and oxygen atoms in total. The largest absolute Gasteiger partial charge is 0.456 e. The van der Waals surface area contributed by atoms with E-state index < -0.39 is 5.41 Å². The van der Waals surface area contributed by atoms with Crippen LogP contribution in [0.5, 0.6) is 0 Å². The number of aliphatic imine (C=N–C) groups is 1. The Hall–Kier alpha value is -8.07. The smallest absolute Gasteiger partial charge is 0.135 e. The minimum Gasteiger partial charge on any atom is -0.456 e. The lowest BCUT2D eigenvalue weighted by molar-refractivity contribution is 0.603. The van der Waals surface area contributed by atoms with Crippen molar-refractivity contribution >= 4 is 47.1 Å². The summed E-state index contributed by atoms with van der Waals surface area (Å²) >= 11 is 0. The Balaban J connectivity index is 1.34. The Labute approximate surface area is 401 Å². The number of benzene rings is 6. The SMILES string of the molecule is CC=N/C(=C\C(C)(C1=C(c2ccc(CCC)c(-c3ccccc3C)c2)/C=C\C=C\c2oc3ccccc3c2\C=C\C=C\1)c1ccccc1)C1=CC=c2ccccc2=c2ccccc2=CC=CC=C1. The van der Waals surface area contributed by atoms with Crippen molar-refractivity contribution in [3.63, 3.8) is 0 Å². The Morgan fingerprint density at radius 2 is 1.28 bits per heavy atom. The van der Waals surface area contributed by atoms with E-state index in [1.54, 1.807) is 0 Å². The lowest BCUT2D eigenvalue weighted by atomic mass is 9.71. The van der Waals surface area contributed by atoms with Gasteiger partial charge in [0.2, 0.25) is 0 Å². The lowest BCUT2D eigenvalue weighted by Gasteiger charge is -2.32. The Morgan fingerprint density at radius 1 is 0.603 bits per heavy atom. The second-order valence-electron chi connectivity index (χ2n) is 17.4. The van der Waals surface area contributed by atoms with Crippen molar-refractivity contribution in [3.05, 3.63) is 290 Å². The minimum absolute atomic E-state index is 0.710. The molecule has 0 N–H and O–H groups in total. The molecule has 2 aliphatic carbocycles. The van der Waals surface area contributed by atoms with Gasteiger partial charge < -0.3 is 4.42 Å².